The Bertz CT molecular complexity index is 661. The normalized spacial score (nSPS) is 14.1. The van der Waals surface area contributed by atoms with Crippen LogP contribution in [0.15, 0.2) is 18.2 Å². The van der Waals surface area contributed by atoms with Crippen molar-refractivity contribution in [3.63, 3.8) is 0 Å². The Morgan fingerprint density at radius 2 is 2.16 bits per heavy atom. The molecule has 0 aliphatic carbocycles. The lowest BCUT2D eigenvalue weighted by atomic mass is 10.1. The van der Waals surface area contributed by atoms with E-state index in [0.29, 0.717) is 18.8 Å². The number of aryl methyl sites for hydroxylation is 1. The van der Waals surface area contributed by atoms with Crippen LogP contribution in [0.5, 0.6) is 0 Å². The van der Waals surface area contributed by atoms with E-state index in [1.807, 2.05) is 25.2 Å². The largest absolute Gasteiger partial charge is 0.324 e. The highest BCUT2D eigenvalue weighted by molar-refractivity contribution is 6.01. The average molecular weight is 257 g/mol. The molecule has 1 aliphatic rings. The van der Waals surface area contributed by atoms with Gasteiger partial charge in [-0.15, -0.1) is 0 Å². The molecule has 6 nitrogen and oxygen atoms in total. The third-order valence-electron chi connectivity index (χ3n) is 3.40. The molecule has 1 aliphatic heterocycles. The molecule has 6 heteroatoms. The van der Waals surface area contributed by atoms with Crippen molar-refractivity contribution in [2.75, 3.05) is 11.9 Å². The second-order valence-corrected chi connectivity index (χ2v) is 4.65. The second-order valence-electron chi connectivity index (χ2n) is 4.65. The molecule has 0 unspecified atom stereocenters. The van der Waals surface area contributed by atoms with Crippen LogP contribution in [0.2, 0.25) is 0 Å². The van der Waals surface area contributed by atoms with Gasteiger partial charge in [-0.3, -0.25) is 4.79 Å². The van der Waals surface area contributed by atoms with Crippen LogP contribution < -0.4 is 10.6 Å². The molecule has 0 bridgehead atoms. The Labute approximate surface area is 110 Å². The quantitative estimate of drug-likeness (QED) is 0.848. The van der Waals surface area contributed by atoms with E-state index in [-0.39, 0.29) is 5.91 Å². The van der Waals surface area contributed by atoms with E-state index in [0.717, 1.165) is 22.6 Å². The van der Waals surface area contributed by atoms with E-state index in [1.54, 1.807) is 16.6 Å². The minimum Gasteiger partial charge on any atom is -0.324 e. The number of carbonyl (C=O) groups is 1. The van der Waals surface area contributed by atoms with Crippen molar-refractivity contribution in [3.05, 3.63) is 29.6 Å². The van der Waals surface area contributed by atoms with Gasteiger partial charge in [0.05, 0.1) is 13.0 Å². The van der Waals surface area contributed by atoms with Gasteiger partial charge in [-0.2, -0.15) is 5.10 Å². The molecule has 0 fully saturated rings. The maximum atomic E-state index is 11.7. The Morgan fingerprint density at radius 1 is 1.37 bits per heavy atom. The number of benzene rings is 1. The van der Waals surface area contributed by atoms with E-state index in [1.165, 1.54) is 0 Å². The summed E-state index contributed by atoms with van der Waals surface area (Å²) >= 11 is 0. The molecule has 2 heterocycles. The van der Waals surface area contributed by atoms with Gasteiger partial charge in [-0.1, -0.05) is 0 Å². The van der Waals surface area contributed by atoms with E-state index in [2.05, 4.69) is 10.1 Å². The number of hydrogen-bond donors (Lipinski definition) is 1. The molecular formula is C13H15N5O. The van der Waals surface area contributed by atoms with Gasteiger partial charge in [-0.25, -0.2) is 9.67 Å². The van der Waals surface area contributed by atoms with Gasteiger partial charge in [-0.05, 0) is 23.8 Å². The monoisotopic (exact) mass is 257 g/mol. The predicted octanol–water partition coefficient (Wildman–Crippen LogP) is 0.460. The van der Waals surface area contributed by atoms with Crippen molar-refractivity contribution in [2.45, 2.75) is 13.0 Å². The highest BCUT2D eigenvalue weighted by Gasteiger charge is 2.24. The second kappa shape index (κ2) is 4.17. The van der Waals surface area contributed by atoms with Crippen molar-refractivity contribution < 1.29 is 4.79 Å². The van der Waals surface area contributed by atoms with Crippen LogP contribution in [-0.2, 0) is 24.8 Å². The maximum Gasteiger partial charge on any atom is 0.231 e. The summed E-state index contributed by atoms with van der Waals surface area (Å²) in [7, 11) is 3.63. The summed E-state index contributed by atoms with van der Waals surface area (Å²) in [6.07, 6.45) is 0.446. The Balaban J connectivity index is 2.06. The first-order chi connectivity index (χ1) is 9.10. The number of fused-ring (bicyclic) bond motifs is 1. The van der Waals surface area contributed by atoms with Crippen molar-refractivity contribution in [3.8, 4) is 11.4 Å². The van der Waals surface area contributed by atoms with Gasteiger partial charge in [0.2, 0.25) is 5.91 Å². The number of nitrogens with zero attached hydrogens (tertiary/aromatic N) is 4. The zero-order valence-corrected chi connectivity index (χ0v) is 10.9. The first-order valence-electron chi connectivity index (χ1n) is 6.10. The molecule has 1 aromatic carbocycles. The zero-order valence-electron chi connectivity index (χ0n) is 10.9. The zero-order chi connectivity index (χ0) is 13.6. The highest BCUT2D eigenvalue weighted by Crippen LogP contribution is 2.31. The van der Waals surface area contributed by atoms with Crippen LogP contribution in [0.1, 0.15) is 11.4 Å². The summed E-state index contributed by atoms with van der Waals surface area (Å²) in [5.74, 6) is 1.50. The van der Waals surface area contributed by atoms with Gasteiger partial charge >= 0.3 is 0 Å². The predicted molar refractivity (Wildman–Crippen MR) is 71.4 cm³/mol. The standard InChI is InChI=1S/C13H15N5O/c1-17-10-4-3-8(5-9(10)6-12(17)19)13-15-11(7-14)16-18(13)2/h3-5H,6-7,14H2,1-2H3. The number of aromatic nitrogens is 3. The molecular weight excluding hydrogens is 242 g/mol. The molecule has 1 aromatic heterocycles. The van der Waals surface area contributed by atoms with E-state index < -0.39 is 0 Å². The van der Waals surface area contributed by atoms with E-state index in [4.69, 9.17) is 5.73 Å². The lowest BCUT2D eigenvalue weighted by molar-refractivity contribution is -0.117. The number of amides is 1. The Kier molecular flexibility index (Phi) is 2.60. The minimum atomic E-state index is 0.118. The molecule has 19 heavy (non-hydrogen) atoms. The smallest absolute Gasteiger partial charge is 0.231 e. The average Bonchev–Trinajstić information content (AvgIpc) is 2.91. The fourth-order valence-corrected chi connectivity index (χ4v) is 2.38. The number of hydrogen-bond acceptors (Lipinski definition) is 4. The number of likely N-dealkylation sites (N-methyl/N-ethyl adjacent to an activating group) is 1. The topological polar surface area (TPSA) is 77.0 Å². The summed E-state index contributed by atoms with van der Waals surface area (Å²) in [6.45, 7) is 0.319. The van der Waals surface area contributed by atoms with E-state index in [9.17, 15) is 4.79 Å². The number of rotatable bonds is 2. The molecule has 98 valence electrons. The lowest BCUT2D eigenvalue weighted by Crippen LogP contribution is -2.20. The third-order valence-corrected chi connectivity index (χ3v) is 3.40. The fourth-order valence-electron chi connectivity index (χ4n) is 2.38. The van der Waals surface area contributed by atoms with Crippen LogP contribution >= 0.6 is 0 Å². The summed E-state index contributed by atoms with van der Waals surface area (Å²) in [6, 6.07) is 5.91. The van der Waals surface area contributed by atoms with Crippen molar-refractivity contribution in [1.29, 1.82) is 0 Å². The molecule has 1 amide bonds. The molecule has 2 aromatic rings. The maximum absolute atomic E-state index is 11.7. The molecule has 3 rings (SSSR count). The number of anilines is 1. The first-order valence-corrected chi connectivity index (χ1v) is 6.10. The van der Waals surface area contributed by atoms with Gasteiger partial charge in [0.15, 0.2) is 11.6 Å². The van der Waals surface area contributed by atoms with E-state index >= 15 is 0 Å². The number of nitrogens with two attached hydrogens (primary N) is 1. The van der Waals surface area contributed by atoms with Gasteiger partial charge < -0.3 is 10.6 Å². The van der Waals surface area contributed by atoms with Crippen LogP contribution in [0.25, 0.3) is 11.4 Å². The summed E-state index contributed by atoms with van der Waals surface area (Å²) < 4.78 is 1.71. The van der Waals surface area contributed by atoms with Crippen molar-refractivity contribution in [1.82, 2.24) is 14.8 Å². The Hall–Kier alpha value is -2.21. The molecule has 2 N–H and O–H groups in total. The minimum absolute atomic E-state index is 0.118. The van der Waals surface area contributed by atoms with Crippen LogP contribution in [0.3, 0.4) is 0 Å². The number of carbonyl (C=O) groups excluding carboxylic acids is 1. The van der Waals surface area contributed by atoms with Gasteiger partial charge in [0, 0.05) is 25.3 Å². The van der Waals surface area contributed by atoms with Crippen LogP contribution in [-0.4, -0.2) is 27.7 Å². The molecule has 0 spiro atoms. The lowest BCUT2D eigenvalue weighted by Gasteiger charge is -2.10. The van der Waals surface area contributed by atoms with Gasteiger partial charge in [0.25, 0.3) is 0 Å². The summed E-state index contributed by atoms with van der Waals surface area (Å²) in [4.78, 5) is 17.7. The molecule has 0 atom stereocenters. The molecule has 0 saturated carbocycles. The molecule has 0 saturated heterocycles. The SMILES string of the molecule is CN1C(=O)Cc2cc(-c3nc(CN)nn3C)ccc21. The third kappa shape index (κ3) is 1.80. The molecule has 0 radical (unpaired) electrons. The van der Waals surface area contributed by atoms with Crippen molar-refractivity contribution >= 4 is 11.6 Å². The highest BCUT2D eigenvalue weighted by atomic mass is 16.2. The summed E-state index contributed by atoms with van der Waals surface area (Å²) in [5.41, 5.74) is 8.50. The first kappa shape index (κ1) is 11.9. The van der Waals surface area contributed by atoms with Gasteiger partial charge in [0.1, 0.15) is 0 Å². The van der Waals surface area contributed by atoms with Crippen molar-refractivity contribution in [2.24, 2.45) is 12.8 Å². The summed E-state index contributed by atoms with van der Waals surface area (Å²) in [5, 5.41) is 4.23. The van der Waals surface area contributed by atoms with Crippen LogP contribution in [0, 0.1) is 0 Å². The van der Waals surface area contributed by atoms with Crippen LogP contribution in [0.4, 0.5) is 5.69 Å². The Morgan fingerprint density at radius 3 is 2.84 bits per heavy atom. The fraction of sp³-hybridized carbons (Fsp3) is 0.308.